The molecule has 6 heteroatoms. The summed E-state index contributed by atoms with van der Waals surface area (Å²) < 4.78 is 0. The minimum Gasteiger partial charge on any atom is -0.390 e. The van der Waals surface area contributed by atoms with E-state index in [-0.39, 0.29) is 18.9 Å². The quantitative estimate of drug-likeness (QED) is 0.271. The smallest absolute Gasteiger partial charge is 0.332 e. The number of nitrogens with two attached hydrogens (primary N) is 2. The summed E-state index contributed by atoms with van der Waals surface area (Å²) in [6, 6.07) is -0.778. The third kappa shape index (κ3) is 3.81. The van der Waals surface area contributed by atoms with Gasteiger partial charge < -0.3 is 16.6 Å². The van der Waals surface area contributed by atoms with E-state index >= 15 is 0 Å². The fourth-order valence-electron chi connectivity index (χ4n) is 0.280. The molecule has 0 saturated carbocycles. The molecule has 0 aliphatic rings. The van der Waals surface area contributed by atoms with Crippen LogP contribution in [0.3, 0.4) is 0 Å². The van der Waals surface area contributed by atoms with Crippen molar-refractivity contribution in [1.82, 2.24) is 5.43 Å². The second kappa shape index (κ2) is 4.71. The summed E-state index contributed by atoms with van der Waals surface area (Å²) >= 11 is 0. The first kappa shape index (κ1) is 8.86. The number of amides is 2. The number of nitrogens with one attached hydrogen (secondary N) is 1. The van der Waals surface area contributed by atoms with Gasteiger partial charge in [-0.25, -0.2) is 10.2 Å². The molecule has 0 bridgehead atoms. The number of aliphatic hydroxyl groups is 1. The second-order valence-electron chi connectivity index (χ2n) is 1.52. The van der Waals surface area contributed by atoms with Crippen molar-refractivity contribution < 1.29 is 9.90 Å². The van der Waals surface area contributed by atoms with Crippen LogP contribution in [0.25, 0.3) is 0 Å². The van der Waals surface area contributed by atoms with Crippen LogP contribution in [-0.2, 0) is 0 Å². The predicted molar refractivity (Wildman–Crippen MR) is 36.3 cm³/mol. The van der Waals surface area contributed by atoms with E-state index in [2.05, 4.69) is 10.8 Å². The summed E-state index contributed by atoms with van der Waals surface area (Å²) in [4.78, 5) is 10.0. The van der Waals surface area contributed by atoms with Gasteiger partial charge >= 0.3 is 6.03 Å². The Bertz CT molecular complexity index is 138. The third-order valence-electron chi connectivity index (χ3n) is 0.742. The number of hydrogen-bond acceptors (Lipinski definition) is 4. The van der Waals surface area contributed by atoms with Crippen molar-refractivity contribution in [1.29, 1.82) is 0 Å². The Hall–Kier alpha value is -1.14. The van der Waals surface area contributed by atoms with Crippen molar-refractivity contribution in [3.8, 4) is 0 Å². The van der Waals surface area contributed by atoms with Crippen molar-refractivity contribution in [2.75, 3.05) is 13.2 Å². The van der Waals surface area contributed by atoms with E-state index in [1.54, 1.807) is 0 Å². The van der Waals surface area contributed by atoms with E-state index in [4.69, 9.17) is 10.8 Å². The van der Waals surface area contributed by atoms with Gasteiger partial charge in [0.2, 0.25) is 0 Å². The van der Waals surface area contributed by atoms with Crippen LogP contribution >= 0.6 is 0 Å². The van der Waals surface area contributed by atoms with Crippen molar-refractivity contribution in [2.45, 2.75) is 0 Å². The number of rotatable bonds is 3. The Morgan fingerprint density at radius 2 is 2.30 bits per heavy atom. The molecular formula is C4H10N4O2. The van der Waals surface area contributed by atoms with Crippen LogP contribution < -0.4 is 16.9 Å². The molecule has 0 aromatic heterocycles. The van der Waals surface area contributed by atoms with E-state index in [0.29, 0.717) is 0 Å². The average molecular weight is 146 g/mol. The predicted octanol–water partition coefficient (Wildman–Crippen LogP) is -2.04. The topological polar surface area (TPSA) is 114 Å². The summed E-state index contributed by atoms with van der Waals surface area (Å²) in [5.41, 5.74) is 12.0. The molecule has 0 radical (unpaired) electrons. The molecule has 0 heterocycles. The van der Waals surface area contributed by atoms with Crippen molar-refractivity contribution in [2.24, 2.45) is 16.6 Å². The first-order valence-electron chi connectivity index (χ1n) is 2.62. The molecule has 58 valence electrons. The molecular weight excluding hydrogens is 136 g/mol. The van der Waals surface area contributed by atoms with Crippen LogP contribution in [0.1, 0.15) is 0 Å². The van der Waals surface area contributed by atoms with Gasteiger partial charge in [-0.3, -0.25) is 0 Å². The third-order valence-corrected chi connectivity index (χ3v) is 0.742. The Kier molecular flexibility index (Phi) is 4.17. The molecule has 0 aromatic rings. The summed E-state index contributed by atoms with van der Waals surface area (Å²) in [6.45, 7) is -0.187. The number of hydrazone groups is 1. The minimum absolute atomic E-state index is 0.0940. The molecule has 6 nitrogen and oxygen atoms in total. The highest BCUT2D eigenvalue weighted by molar-refractivity contribution is 5.88. The summed E-state index contributed by atoms with van der Waals surface area (Å²) in [5, 5.41) is 11.8. The molecule has 0 aromatic carbocycles. The standard InChI is InChI=1S/C4H10N4O2/c5-1-3(2-9)7-8-4(6)10/h9H,1-2,5H2,(H3,6,8,10)/b7-3+. The lowest BCUT2D eigenvalue weighted by Gasteiger charge is -1.97. The van der Waals surface area contributed by atoms with Gasteiger partial charge in [0, 0.05) is 6.54 Å². The largest absolute Gasteiger partial charge is 0.390 e. The van der Waals surface area contributed by atoms with Crippen LogP contribution in [0.5, 0.6) is 0 Å². The molecule has 0 spiro atoms. The van der Waals surface area contributed by atoms with Crippen molar-refractivity contribution in [3.05, 3.63) is 0 Å². The number of carbonyl (C=O) groups is 1. The van der Waals surface area contributed by atoms with Gasteiger partial charge in [0.05, 0.1) is 12.3 Å². The van der Waals surface area contributed by atoms with Crippen molar-refractivity contribution in [3.63, 3.8) is 0 Å². The SMILES string of the molecule is NC/C(CO)=N\NC(N)=O. The summed E-state index contributed by atoms with van der Waals surface area (Å²) in [5.74, 6) is 0. The molecule has 0 rings (SSSR count). The fourth-order valence-corrected chi connectivity index (χ4v) is 0.280. The fraction of sp³-hybridized carbons (Fsp3) is 0.500. The number of urea groups is 1. The number of nitrogens with zero attached hydrogens (tertiary/aromatic N) is 1. The maximum atomic E-state index is 10.0. The van der Waals surface area contributed by atoms with Gasteiger partial charge in [-0.05, 0) is 0 Å². The maximum Gasteiger partial charge on any atom is 0.332 e. The zero-order chi connectivity index (χ0) is 7.98. The number of primary amides is 1. The van der Waals surface area contributed by atoms with Crippen LogP contribution in [0.4, 0.5) is 4.79 Å². The molecule has 0 aliphatic heterocycles. The highest BCUT2D eigenvalue weighted by atomic mass is 16.3. The Morgan fingerprint density at radius 3 is 2.60 bits per heavy atom. The van der Waals surface area contributed by atoms with Gasteiger partial charge in [-0.1, -0.05) is 0 Å². The summed E-state index contributed by atoms with van der Waals surface area (Å²) in [7, 11) is 0. The van der Waals surface area contributed by atoms with E-state index < -0.39 is 6.03 Å². The van der Waals surface area contributed by atoms with E-state index in [0.717, 1.165) is 0 Å². The summed E-state index contributed by atoms with van der Waals surface area (Å²) in [6.07, 6.45) is 0. The average Bonchev–Trinajstić information content (AvgIpc) is 1.90. The number of aliphatic hydroxyl groups excluding tert-OH is 1. The van der Waals surface area contributed by atoms with Gasteiger partial charge in [-0.15, -0.1) is 0 Å². The molecule has 6 N–H and O–H groups in total. The molecule has 2 amide bonds. The first-order valence-corrected chi connectivity index (χ1v) is 2.62. The zero-order valence-electron chi connectivity index (χ0n) is 5.37. The Balaban J connectivity index is 3.74. The van der Waals surface area contributed by atoms with Gasteiger partial charge in [0.25, 0.3) is 0 Å². The molecule has 0 aliphatic carbocycles. The monoisotopic (exact) mass is 146 g/mol. The Morgan fingerprint density at radius 1 is 1.70 bits per heavy atom. The van der Waals surface area contributed by atoms with Crippen LogP contribution in [0.2, 0.25) is 0 Å². The molecule has 0 saturated heterocycles. The number of hydrogen-bond donors (Lipinski definition) is 4. The zero-order valence-corrected chi connectivity index (χ0v) is 5.37. The van der Waals surface area contributed by atoms with Crippen molar-refractivity contribution >= 4 is 11.7 Å². The normalized spacial score (nSPS) is 11.2. The number of carbonyl (C=O) groups excluding carboxylic acids is 1. The first-order chi connectivity index (χ1) is 4.70. The van der Waals surface area contributed by atoms with Gasteiger partial charge in [0.15, 0.2) is 0 Å². The lowest BCUT2D eigenvalue weighted by atomic mass is 10.4. The highest BCUT2D eigenvalue weighted by Crippen LogP contribution is 1.69. The lowest BCUT2D eigenvalue weighted by molar-refractivity contribution is 0.249. The van der Waals surface area contributed by atoms with E-state index in [1.807, 2.05) is 5.43 Å². The van der Waals surface area contributed by atoms with Gasteiger partial charge in [-0.2, -0.15) is 5.10 Å². The lowest BCUT2D eigenvalue weighted by Crippen LogP contribution is -2.28. The minimum atomic E-state index is -0.778. The second-order valence-corrected chi connectivity index (χ2v) is 1.52. The molecule has 0 unspecified atom stereocenters. The molecule has 0 atom stereocenters. The molecule has 0 fully saturated rings. The van der Waals surface area contributed by atoms with Crippen LogP contribution in [0.15, 0.2) is 5.10 Å². The van der Waals surface area contributed by atoms with Gasteiger partial charge in [0.1, 0.15) is 0 Å². The van der Waals surface area contributed by atoms with Crippen LogP contribution in [0, 0.1) is 0 Å². The Labute approximate surface area is 57.9 Å². The van der Waals surface area contributed by atoms with E-state index in [9.17, 15) is 4.79 Å². The van der Waals surface area contributed by atoms with Crippen LogP contribution in [-0.4, -0.2) is 30.0 Å². The molecule has 10 heavy (non-hydrogen) atoms. The maximum absolute atomic E-state index is 10.0. The van der Waals surface area contributed by atoms with E-state index in [1.165, 1.54) is 0 Å². The highest BCUT2D eigenvalue weighted by Gasteiger charge is 1.93.